The summed E-state index contributed by atoms with van der Waals surface area (Å²) in [6.45, 7) is 2.70. The molecule has 98 valence electrons. The van der Waals surface area contributed by atoms with E-state index in [0.717, 1.165) is 25.2 Å². The van der Waals surface area contributed by atoms with Gasteiger partial charge in [-0.05, 0) is 18.2 Å². The van der Waals surface area contributed by atoms with Gasteiger partial charge in [0.1, 0.15) is 5.75 Å². The fourth-order valence-corrected chi connectivity index (χ4v) is 2.07. The van der Waals surface area contributed by atoms with Crippen LogP contribution in [0.15, 0.2) is 18.2 Å². The molecule has 0 aromatic heterocycles. The minimum Gasteiger partial charge on any atom is -0.496 e. The number of hydrogen-bond acceptors (Lipinski definition) is 3. The third-order valence-electron chi connectivity index (χ3n) is 3.05. The quantitative estimate of drug-likeness (QED) is 0.845. The second kappa shape index (κ2) is 6.07. The Hall–Kier alpha value is -1.26. The van der Waals surface area contributed by atoms with Crippen molar-refractivity contribution in [3.63, 3.8) is 0 Å². The number of carbonyl (C=O) groups is 1. The highest BCUT2D eigenvalue weighted by atomic mass is 35.5. The van der Waals surface area contributed by atoms with E-state index in [1.807, 2.05) is 0 Å². The minimum atomic E-state index is 0.00228. The summed E-state index contributed by atoms with van der Waals surface area (Å²) in [4.78, 5) is 11.8. The Morgan fingerprint density at radius 2 is 2.33 bits per heavy atom. The molecule has 1 aliphatic heterocycles. The largest absolute Gasteiger partial charge is 0.496 e. The molecule has 4 nitrogen and oxygen atoms in total. The van der Waals surface area contributed by atoms with E-state index in [4.69, 9.17) is 16.3 Å². The molecule has 1 fully saturated rings. The van der Waals surface area contributed by atoms with Crippen molar-refractivity contribution in [1.82, 2.24) is 10.6 Å². The molecule has 0 radical (unpaired) electrons. The summed E-state index contributed by atoms with van der Waals surface area (Å²) < 4.78 is 5.21. The number of amides is 1. The van der Waals surface area contributed by atoms with Gasteiger partial charge in [-0.3, -0.25) is 4.79 Å². The van der Waals surface area contributed by atoms with Crippen molar-refractivity contribution in [2.45, 2.75) is 6.42 Å². The van der Waals surface area contributed by atoms with Crippen LogP contribution < -0.4 is 15.4 Å². The third-order valence-corrected chi connectivity index (χ3v) is 3.28. The van der Waals surface area contributed by atoms with Gasteiger partial charge in [0, 0.05) is 36.1 Å². The molecule has 0 atom stereocenters. The summed E-state index contributed by atoms with van der Waals surface area (Å²) in [6.07, 6.45) is 0.296. The number of carbonyl (C=O) groups excluding carboxylic acids is 1. The number of rotatable bonds is 5. The molecule has 1 saturated heterocycles. The van der Waals surface area contributed by atoms with Crippen molar-refractivity contribution >= 4 is 17.5 Å². The lowest BCUT2D eigenvalue weighted by Gasteiger charge is -2.27. The van der Waals surface area contributed by atoms with Crippen molar-refractivity contribution in [1.29, 1.82) is 0 Å². The first-order valence-electron chi connectivity index (χ1n) is 5.99. The molecule has 0 saturated carbocycles. The lowest BCUT2D eigenvalue weighted by atomic mass is 10.0. The van der Waals surface area contributed by atoms with Crippen LogP contribution >= 0.6 is 11.6 Å². The van der Waals surface area contributed by atoms with Crippen molar-refractivity contribution < 1.29 is 9.53 Å². The highest BCUT2D eigenvalue weighted by Crippen LogP contribution is 2.22. The Balaban J connectivity index is 1.90. The van der Waals surface area contributed by atoms with Gasteiger partial charge in [-0.15, -0.1) is 0 Å². The average molecular weight is 269 g/mol. The van der Waals surface area contributed by atoms with Crippen molar-refractivity contribution in [2.24, 2.45) is 5.92 Å². The van der Waals surface area contributed by atoms with Gasteiger partial charge in [-0.2, -0.15) is 0 Å². The lowest BCUT2D eigenvalue weighted by Crippen LogP contribution is -2.48. The summed E-state index contributed by atoms with van der Waals surface area (Å²) in [5.41, 5.74) is 0.814. The SMILES string of the molecule is COc1ccc(Cl)cc1CC(=O)NCC1CNC1. The van der Waals surface area contributed by atoms with E-state index < -0.39 is 0 Å². The molecule has 0 unspecified atom stereocenters. The molecule has 2 N–H and O–H groups in total. The fourth-order valence-electron chi connectivity index (χ4n) is 1.87. The maximum Gasteiger partial charge on any atom is 0.224 e. The third kappa shape index (κ3) is 3.37. The fraction of sp³-hybridized carbons (Fsp3) is 0.462. The zero-order valence-electron chi connectivity index (χ0n) is 10.3. The smallest absolute Gasteiger partial charge is 0.224 e. The van der Waals surface area contributed by atoms with Crippen LogP contribution in [-0.2, 0) is 11.2 Å². The Bertz CT molecular complexity index is 433. The first-order chi connectivity index (χ1) is 8.69. The highest BCUT2D eigenvalue weighted by Gasteiger charge is 2.17. The lowest BCUT2D eigenvalue weighted by molar-refractivity contribution is -0.120. The second-order valence-corrected chi connectivity index (χ2v) is 4.90. The molecule has 1 aromatic rings. The van der Waals surface area contributed by atoms with Gasteiger partial charge in [-0.1, -0.05) is 11.6 Å². The van der Waals surface area contributed by atoms with Crippen LogP contribution in [0.2, 0.25) is 5.02 Å². The van der Waals surface area contributed by atoms with Gasteiger partial charge >= 0.3 is 0 Å². The van der Waals surface area contributed by atoms with E-state index in [1.54, 1.807) is 25.3 Å². The monoisotopic (exact) mass is 268 g/mol. The van der Waals surface area contributed by atoms with E-state index in [2.05, 4.69) is 10.6 Å². The molecular weight excluding hydrogens is 252 g/mol. The average Bonchev–Trinajstić information content (AvgIpc) is 2.27. The van der Waals surface area contributed by atoms with E-state index in [9.17, 15) is 4.79 Å². The van der Waals surface area contributed by atoms with Crippen LogP contribution in [0, 0.1) is 5.92 Å². The van der Waals surface area contributed by atoms with Gasteiger partial charge in [0.05, 0.1) is 13.5 Å². The molecule has 1 amide bonds. The first-order valence-corrected chi connectivity index (χ1v) is 6.36. The number of methoxy groups -OCH3 is 1. The first kappa shape index (κ1) is 13.2. The van der Waals surface area contributed by atoms with Crippen molar-refractivity contribution in [2.75, 3.05) is 26.7 Å². The van der Waals surface area contributed by atoms with Crippen molar-refractivity contribution in [3.8, 4) is 5.75 Å². The van der Waals surface area contributed by atoms with Crippen LogP contribution in [0.25, 0.3) is 0 Å². The summed E-state index contributed by atoms with van der Waals surface area (Å²) in [5.74, 6) is 1.26. The number of benzene rings is 1. The molecule has 0 aliphatic carbocycles. The van der Waals surface area contributed by atoms with Crippen LogP contribution in [0.1, 0.15) is 5.56 Å². The highest BCUT2D eigenvalue weighted by molar-refractivity contribution is 6.30. The van der Waals surface area contributed by atoms with Crippen molar-refractivity contribution in [3.05, 3.63) is 28.8 Å². The Labute approximate surface area is 112 Å². The number of hydrogen-bond donors (Lipinski definition) is 2. The molecule has 0 spiro atoms. The van der Waals surface area contributed by atoms with E-state index >= 15 is 0 Å². The maximum absolute atomic E-state index is 11.8. The number of halogens is 1. The topological polar surface area (TPSA) is 50.4 Å². The summed E-state index contributed by atoms with van der Waals surface area (Å²) in [6, 6.07) is 5.30. The van der Waals surface area contributed by atoms with Crippen LogP contribution in [0.3, 0.4) is 0 Å². The summed E-state index contributed by atoms with van der Waals surface area (Å²) >= 11 is 5.92. The molecule has 1 heterocycles. The Morgan fingerprint density at radius 1 is 1.56 bits per heavy atom. The summed E-state index contributed by atoms with van der Waals surface area (Å²) in [5, 5.41) is 6.71. The molecule has 1 aromatic carbocycles. The molecule has 0 bridgehead atoms. The molecule has 1 aliphatic rings. The molecule has 18 heavy (non-hydrogen) atoms. The Morgan fingerprint density at radius 3 is 2.94 bits per heavy atom. The normalized spacial score (nSPS) is 15.0. The number of ether oxygens (including phenoxy) is 1. The zero-order chi connectivity index (χ0) is 13.0. The van der Waals surface area contributed by atoms with Gasteiger partial charge in [0.2, 0.25) is 5.91 Å². The van der Waals surface area contributed by atoms with E-state index in [-0.39, 0.29) is 5.91 Å². The molecule has 5 heteroatoms. The van der Waals surface area contributed by atoms with E-state index in [0.29, 0.717) is 23.1 Å². The number of nitrogens with one attached hydrogen (secondary N) is 2. The summed E-state index contributed by atoms with van der Waals surface area (Å²) in [7, 11) is 1.59. The van der Waals surface area contributed by atoms with Crippen LogP contribution in [0.4, 0.5) is 0 Å². The van der Waals surface area contributed by atoms with Gasteiger partial charge < -0.3 is 15.4 Å². The minimum absolute atomic E-state index is 0.00228. The predicted octanol–water partition coefficient (Wildman–Crippen LogP) is 1.23. The molecular formula is C13H17ClN2O2. The van der Waals surface area contributed by atoms with Gasteiger partial charge in [-0.25, -0.2) is 0 Å². The maximum atomic E-state index is 11.8. The van der Waals surface area contributed by atoms with Crippen LogP contribution in [0.5, 0.6) is 5.75 Å². The molecule has 2 rings (SSSR count). The zero-order valence-corrected chi connectivity index (χ0v) is 11.1. The standard InChI is InChI=1S/C13H17ClN2O2/c1-18-12-3-2-11(14)4-10(12)5-13(17)16-8-9-6-15-7-9/h2-4,9,15H,5-8H2,1H3,(H,16,17). The second-order valence-electron chi connectivity index (χ2n) is 4.46. The van der Waals surface area contributed by atoms with Crippen LogP contribution in [-0.4, -0.2) is 32.7 Å². The van der Waals surface area contributed by atoms with E-state index in [1.165, 1.54) is 0 Å². The Kier molecular flexibility index (Phi) is 4.44. The van der Waals surface area contributed by atoms with Gasteiger partial charge in [0.25, 0.3) is 0 Å². The predicted molar refractivity (Wildman–Crippen MR) is 71.1 cm³/mol. The van der Waals surface area contributed by atoms with Gasteiger partial charge in [0.15, 0.2) is 0 Å².